The summed E-state index contributed by atoms with van der Waals surface area (Å²) in [5, 5.41) is 0. The maximum Gasteiger partial charge on any atom is 0.269 e. The molecule has 0 saturated heterocycles. The van der Waals surface area contributed by atoms with Crippen molar-refractivity contribution in [3.63, 3.8) is 0 Å². The van der Waals surface area contributed by atoms with Crippen LogP contribution in [0.1, 0.15) is 0 Å². The summed E-state index contributed by atoms with van der Waals surface area (Å²) in [6, 6.07) is 0. The highest BCUT2D eigenvalue weighted by Gasteiger charge is 1.99. The first-order chi connectivity index (χ1) is 3.79. The normalized spacial score (nSPS) is 15.6. The average Bonchev–Trinajstić information content (AvgIpc) is 1.77. The second-order valence-electron chi connectivity index (χ2n) is 1.33. The van der Waals surface area contributed by atoms with E-state index in [9.17, 15) is 9.59 Å². The molecule has 0 atom stereocenters. The van der Waals surface area contributed by atoms with E-state index in [2.05, 4.69) is 4.99 Å². The fourth-order valence-corrected chi connectivity index (χ4v) is 0.367. The summed E-state index contributed by atoms with van der Waals surface area (Å²) in [4.78, 5) is 23.6. The van der Waals surface area contributed by atoms with E-state index in [0.717, 1.165) is 12.3 Å². The van der Waals surface area contributed by atoms with Crippen LogP contribution in [-0.4, -0.2) is 17.9 Å². The molecule has 1 heterocycles. The molecule has 0 fully saturated rings. The van der Waals surface area contributed by atoms with Gasteiger partial charge in [0.05, 0.1) is 6.21 Å². The van der Waals surface area contributed by atoms with E-state index in [1.54, 1.807) is 0 Å². The standard InChI is InChI=1S/C5H3NO2.ClH/c7-4-1-2-5(8)6-3-4;/h1-3H;1H. The van der Waals surface area contributed by atoms with Crippen molar-refractivity contribution in [3.8, 4) is 0 Å². The molecule has 0 aliphatic carbocycles. The summed E-state index contributed by atoms with van der Waals surface area (Å²) in [6.07, 6.45) is 3.33. The zero-order valence-corrected chi connectivity index (χ0v) is 5.22. The lowest BCUT2D eigenvalue weighted by Crippen LogP contribution is -2.03. The molecule has 0 aromatic heterocycles. The second-order valence-corrected chi connectivity index (χ2v) is 1.33. The zero-order valence-electron chi connectivity index (χ0n) is 4.40. The van der Waals surface area contributed by atoms with Crippen molar-refractivity contribution in [1.29, 1.82) is 0 Å². The molecule has 48 valence electrons. The third-order valence-electron chi connectivity index (χ3n) is 0.709. The molecule has 4 heteroatoms. The smallest absolute Gasteiger partial charge is 0.269 e. The number of ketones is 1. The van der Waals surface area contributed by atoms with Gasteiger partial charge >= 0.3 is 0 Å². The van der Waals surface area contributed by atoms with Gasteiger partial charge < -0.3 is 0 Å². The summed E-state index contributed by atoms with van der Waals surface area (Å²) in [5.74, 6) is -0.603. The highest BCUT2D eigenvalue weighted by Crippen LogP contribution is 1.85. The Bertz CT molecular complexity index is 157. The van der Waals surface area contributed by atoms with Gasteiger partial charge in [-0.25, -0.2) is 4.99 Å². The van der Waals surface area contributed by atoms with Gasteiger partial charge in [0.2, 0.25) is 0 Å². The van der Waals surface area contributed by atoms with Crippen molar-refractivity contribution < 1.29 is 9.59 Å². The number of allylic oxidation sites excluding steroid dienone is 1. The molecule has 1 aliphatic rings. The van der Waals surface area contributed by atoms with Crippen LogP contribution in [0.5, 0.6) is 0 Å². The van der Waals surface area contributed by atoms with Crippen LogP contribution in [0, 0.1) is 0 Å². The molecule has 0 unspecified atom stereocenters. The molecular formula is C5H4ClNO2. The van der Waals surface area contributed by atoms with Crippen molar-refractivity contribution in [1.82, 2.24) is 0 Å². The molecule has 0 radical (unpaired) electrons. The quantitative estimate of drug-likeness (QED) is 0.487. The van der Waals surface area contributed by atoms with Crippen molar-refractivity contribution >= 4 is 30.3 Å². The Kier molecular flexibility index (Phi) is 2.81. The maximum atomic E-state index is 10.2. The van der Waals surface area contributed by atoms with Crippen LogP contribution >= 0.6 is 12.4 Å². The Morgan fingerprint density at radius 2 is 1.89 bits per heavy atom. The van der Waals surface area contributed by atoms with E-state index in [1.165, 1.54) is 6.08 Å². The molecule has 1 aliphatic heterocycles. The molecule has 0 N–H and O–H groups in total. The fraction of sp³-hybridized carbons (Fsp3) is 0. The van der Waals surface area contributed by atoms with E-state index in [-0.39, 0.29) is 24.1 Å². The van der Waals surface area contributed by atoms with Crippen LogP contribution in [-0.2, 0) is 9.59 Å². The van der Waals surface area contributed by atoms with Gasteiger partial charge in [-0.15, -0.1) is 12.4 Å². The summed E-state index contributed by atoms with van der Waals surface area (Å²) >= 11 is 0. The minimum Gasteiger partial charge on any atom is -0.288 e. The van der Waals surface area contributed by atoms with Crippen molar-refractivity contribution in [2.75, 3.05) is 0 Å². The number of halogens is 1. The van der Waals surface area contributed by atoms with Gasteiger partial charge in [-0.2, -0.15) is 0 Å². The Balaban J connectivity index is 0.000000640. The topological polar surface area (TPSA) is 46.5 Å². The lowest BCUT2D eigenvalue weighted by molar-refractivity contribution is -0.115. The second kappa shape index (κ2) is 3.14. The van der Waals surface area contributed by atoms with Gasteiger partial charge in [-0.05, 0) is 6.08 Å². The number of hydrogen-bond acceptors (Lipinski definition) is 2. The Hall–Kier alpha value is -0.960. The molecule has 1 amide bonds. The van der Waals surface area contributed by atoms with Gasteiger partial charge in [-0.3, -0.25) is 9.59 Å². The highest BCUT2D eigenvalue weighted by atomic mass is 35.5. The van der Waals surface area contributed by atoms with Crippen molar-refractivity contribution in [3.05, 3.63) is 12.2 Å². The molecule has 0 aromatic carbocycles. The van der Waals surface area contributed by atoms with Crippen LogP contribution in [0.2, 0.25) is 0 Å². The van der Waals surface area contributed by atoms with Gasteiger partial charge in [-0.1, -0.05) is 0 Å². The number of nitrogens with zero attached hydrogens (tertiary/aromatic N) is 1. The minimum atomic E-state index is -0.371. The van der Waals surface area contributed by atoms with Gasteiger partial charge in [0.25, 0.3) is 5.91 Å². The van der Waals surface area contributed by atoms with E-state index in [4.69, 9.17) is 0 Å². The number of aliphatic imine (C=N–C) groups is 1. The van der Waals surface area contributed by atoms with Gasteiger partial charge in [0.1, 0.15) is 0 Å². The average molecular weight is 146 g/mol. The number of dihydropyridines is 1. The van der Waals surface area contributed by atoms with Crippen molar-refractivity contribution in [2.45, 2.75) is 0 Å². The SMILES string of the molecule is Cl.O=C1C=CC(=O)N=C1. The Labute approximate surface area is 57.9 Å². The first-order valence-electron chi connectivity index (χ1n) is 2.09. The van der Waals surface area contributed by atoms with Gasteiger partial charge in [0, 0.05) is 6.08 Å². The predicted molar refractivity (Wildman–Crippen MR) is 34.9 cm³/mol. The van der Waals surface area contributed by atoms with Crippen molar-refractivity contribution in [2.24, 2.45) is 4.99 Å². The van der Waals surface area contributed by atoms with Crippen LogP contribution in [0.4, 0.5) is 0 Å². The summed E-state index contributed by atoms with van der Waals surface area (Å²) in [6.45, 7) is 0. The first kappa shape index (κ1) is 8.04. The maximum absolute atomic E-state index is 10.2. The molecular weight excluding hydrogens is 142 g/mol. The Morgan fingerprint density at radius 1 is 1.22 bits per heavy atom. The number of amides is 1. The number of carbonyl (C=O) groups excluding carboxylic acids is 2. The van der Waals surface area contributed by atoms with E-state index in [0.29, 0.717) is 0 Å². The van der Waals surface area contributed by atoms with Crippen LogP contribution < -0.4 is 0 Å². The van der Waals surface area contributed by atoms with Crippen LogP contribution in [0.15, 0.2) is 17.1 Å². The molecule has 3 nitrogen and oxygen atoms in total. The summed E-state index contributed by atoms with van der Waals surface area (Å²) in [7, 11) is 0. The monoisotopic (exact) mass is 145 g/mol. The van der Waals surface area contributed by atoms with Crippen LogP contribution in [0.25, 0.3) is 0 Å². The molecule has 9 heavy (non-hydrogen) atoms. The molecule has 0 bridgehead atoms. The zero-order chi connectivity index (χ0) is 5.98. The van der Waals surface area contributed by atoms with Gasteiger partial charge in [0.15, 0.2) is 5.78 Å². The molecule has 1 rings (SSSR count). The summed E-state index contributed by atoms with van der Waals surface area (Å²) < 4.78 is 0. The first-order valence-corrected chi connectivity index (χ1v) is 2.09. The number of carbonyl (C=O) groups is 2. The largest absolute Gasteiger partial charge is 0.288 e. The van der Waals surface area contributed by atoms with Crippen LogP contribution in [0.3, 0.4) is 0 Å². The predicted octanol–water partition coefficient (Wildman–Crippen LogP) is 0.145. The molecule has 0 aromatic rings. The fourth-order valence-electron chi connectivity index (χ4n) is 0.367. The van der Waals surface area contributed by atoms with E-state index < -0.39 is 0 Å². The summed E-state index contributed by atoms with van der Waals surface area (Å²) in [5.41, 5.74) is 0. The highest BCUT2D eigenvalue weighted by molar-refractivity contribution is 6.37. The lowest BCUT2D eigenvalue weighted by Gasteiger charge is -1.87. The number of rotatable bonds is 0. The molecule has 0 spiro atoms. The molecule has 0 saturated carbocycles. The number of hydrogen-bond donors (Lipinski definition) is 0. The third-order valence-corrected chi connectivity index (χ3v) is 0.709. The Morgan fingerprint density at radius 3 is 2.22 bits per heavy atom. The van der Waals surface area contributed by atoms with E-state index >= 15 is 0 Å². The minimum absolute atomic E-state index is 0. The third kappa shape index (κ3) is 2.19. The van der Waals surface area contributed by atoms with E-state index in [1.807, 2.05) is 0 Å². The lowest BCUT2D eigenvalue weighted by atomic mass is 10.3.